The molecule has 1 fully saturated rings. The average molecular weight is 279 g/mol. The summed E-state index contributed by atoms with van der Waals surface area (Å²) in [6, 6.07) is 3.73. The molecule has 2 heterocycles. The van der Waals surface area contributed by atoms with E-state index in [0.29, 0.717) is 18.9 Å². The fourth-order valence-corrected chi connectivity index (χ4v) is 2.51. The van der Waals surface area contributed by atoms with Crippen LogP contribution in [0, 0.1) is 17.6 Å². The molecular weight excluding hydrogens is 264 g/mol. The molecule has 1 aliphatic rings. The minimum absolute atomic E-state index is 0.117. The molecule has 4 nitrogen and oxygen atoms in total. The summed E-state index contributed by atoms with van der Waals surface area (Å²) >= 11 is 0. The van der Waals surface area contributed by atoms with E-state index < -0.39 is 11.6 Å². The van der Waals surface area contributed by atoms with Crippen LogP contribution in [0.25, 0.3) is 5.69 Å². The highest BCUT2D eigenvalue weighted by Crippen LogP contribution is 2.28. The van der Waals surface area contributed by atoms with Crippen LogP contribution >= 0.6 is 0 Å². The summed E-state index contributed by atoms with van der Waals surface area (Å²) in [6.07, 6.45) is 3.90. The maximum absolute atomic E-state index is 13.9. The molecule has 1 aromatic heterocycles. The number of rotatable bonds is 3. The Kier molecular flexibility index (Phi) is 3.50. The minimum atomic E-state index is -0.901. The van der Waals surface area contributed by atoms with Crippen LogP contribution in [0.3, 0.4) is 0 Å². The van der Waals surface area contributed by atoms with Gasteiger partial charge in [-0.15, -0.1) is 0 Å². The molecule has 2 N–H and O–H groups in total. The minimum Gasteiger partial charge on any atom is -0.381 e. The quantitative estimate of drug-likeness (QED) is 0.937. The van der Waals surface area contributed by atoms with E-state index in [1.165, 1.54) is 23.0 Å². The maximum atomic E-state index is 13.9. The average Bonchev–Trinajstić information content (AvgIpc) is 3.11. The van der Waals surface area contributed by atoms with E-state index in [1.54, 1.807) is 6.20 Å². The Morgan fingerprint density at radius 3 is 3.00 bits per heavy atom. The van der Waals surface area contributed by atoms with Crippen molar-refractivity contribution in [1.29, 1.82) is 0 Å². The van der Waals surface area contributed by atoms with E-state index in [2.05, 4.69) is 4.98 Å². The van der Waals surface area contributed by atoms with Gasteiger partial charge in [-0.2, -0.15) is 0 Å². The number of nitrogens with zero attached hydrogens (tertiary/aromatic N) is 2. The summed E-state index contributed by atoms with van der Waals surface area (Å²) in [7, 11) is 0. The fraction of sp³-hybridized carbons (Fsp3) is 0.357. The van der Waals surface area contributed by atoms with E-state index in [1.807, 2.05) is 0 Å². The van der Waals surface area contributed by atoms with E-state index >= 15 is 0 Å². The normalized spacial score (nSPS) is 20.2. The van der Waals surface area contributed by atoms with Crippen LogP contribution in [-0.2, 0) is 4.74 Å². The van der Waals surface area contributed by atoms with Crippen LogP contribution in [0.15, 0.2) is 30.7 Å². The lowest BCUT2D eigenvalue weighted by Crippen LogP contribution is -2.24. The van der Waals surface area contributed by atoms with Crippen LogP contribution in [0.5, 0.6) is 0 Å². The first-order valence-electron chi connectivity index (χ1n) is 6.48. The zero-order chi connectivity index (χ0) is 14.1. The molecule has 0 spiro atoms. The van der Waals surface area contributed by atoms with Crippen molar-refractivity contribution in [2.24, 2.45) is 11.7 Å². The third-order valence-corrected chi connectivity index (χ3v) is 3.67. The molecule has 6 heteroatoms. The van der Waals surface area contributed by atoms with Crippen molar-refractivity contribution in [1.82, 2.24) is 9.55 Å². The Morgan fingerprint density at radius 2 is 2.25 bits per heavy atom. The van der Waals surface area contributed by atoms with Crippen LogP contribution in [-0.4, -0.2) is 22.8 Å². The van der Waals surface area contributed by atoms with Gasteiger partial charge >= 0.3 is 0 Å². The predicted octanol–water partition coefficient (Wildman–Crippen LogP) is 2.19. The number of hydrogen-bond acceptors (Lipinski definition) is 3. The van der Waals surface area contributed by atoms with Gasteiger partial charge in [-0.1, -0.05) is 6.07 Å². The predicted molar refractivity (Wildman–Crippen MR) is 69.3 cm³/mol. The SMILES string of the molecule is NC(c1cncn1-c1cccc(F)c1F)C1CCOC1. The van der Waals surface area contributed by atoms with Gasteiger partial charge in [0.15, 0.2) is 11.6 Å². The molecular formula is C14H15F2N3O. The lowest BCUT2D eigenvalue weighted by molar-refractivity contribution is 0.180. The van der Waals surface area contributed by atoms with E-state index in [-0.39, 0.29) is 17.6 Å². The summed E-state index contributed by atoms with van der Waals surface area (Å²) in [6.45, 7) is 1.26. The first kappa shape index (κ1) is 13.2. The van der Waals surface area contributed by atoms with Crippen LogP contribution in [0.1, 0.15) is 18.2 Å². The molecule has 1 saturated heterocycles. The van der Waals surface area contributed by atoms with Gasteiger partial charge in [-0.05, 0) is 18.6 Å². The summed E-state index contributed by atoms with van der Waals surface area (Å²) < 4.78 is 34.1. The Labute approximate surface area is 115 Å². The number of hydrogen-bond donors (Lipinski definition) is 1. The van der Waals surface area contributed by atoms with E-state index in [9.17, 15) is 8.78 Å². The molecule has 3 rings (SSSR count). The summed E-state index contributed by atoms with van der Waals surface area (Å²) in [5.74, 6) is -1.62. The lowest BCUT2D eigenvalue weighted by atomic mass is 9.97. The largest absolute Gasteiger partial charge is 0.381 e. The fourth-order valence-electron chi connectivity index (χ4n) is 2.51. The zero-order valence-corrected chi connectivity index (χ0v) is 10.8. The zero-order valence-electron chi connectivity index (χ0n) is 10.8. The van der Waals surface area contributed by atoms with Crippen LogP contribution < -0.4 is 5.73 Å². The van der Waals surface area contributed by atoms with E-state index in [4.69, 9.17) is 10.5 Å². The van der Waals surface area contributed by atoms with Crippen molar-refractivity contribution in [3.63, 3.8) is 0 Å². The standard InChI is InChI=1S/C14H15F2N3O/c15-10-2-1-3-11(13(10)16)19-8-18-6-12(19)14(17)9-4-5-20-7-9/h1-3,6,8-9,14H,4-5,7,17H2. The Hall–Kier alpha value is -1.79. The second-order valence-corrected chi connectivity index (χ2v) is 4.91. The summed E-state index contributed by atoms with van der Waals surface area (Å²) in [5.41, 5.74) is 6.99. The molecule has 0 bridgehead atoms. The van der Waals surface area contributed by atoms with Crippen molar-refractivity contribution in [2.75, 3.05) is 13.2 Å². The topological polar surface area (TPSA) is 53.1 Å². The molecule has 2 unspecified atom stereocenters. The monoisotopic (exact) mass is 279 g/mol. The number of imidazole rings is 1. The number of ether oxygens (including phenoxy) is 1. The second-order valence-electron chi connectivity index (χ2n) is 4.91. The van der Waals surface area contributed by atoms with Crippen molar-refractivity contribution in [2.45, 2.75) is 12.5 Å². The third kappa shape index (κ3) is 2.21. The molecule has 1 aromatic carbocycles. The Bertz CT molecular complexity index is 608. The molecule has 20 heavy (non-hydrogen) atoms. The molecule has 0 radical (unpaired) electrons. The van der Waals surface area contributed by atoms with Gasteiger partial charge in [0.25, 0.3) is 0 Å². The number of aromatic nitrogens is 2. The first-order valence-corrected chi connectivity index (χ1v) is 6.48. The van der Waals surface area contributed by atoms with Gasteiger partial charge < -0.3 is 10.5 Å². The Balaban J connectivity index is 1.99. The van der Waals surface area contributed by atoms with Gasteiger partial charge in [-0.25, -0.2) is 13.8 Å². The number of halogens is 2. The lowest BCUT2D eigenvalue weighted by Gasteiger charge is -2.19. The first-order chi connectivity index (χ1) is 9.68. The Morgan fingerprint density at radius 1 is 1.40 bits per heavy atom. The number of benzene rings is 1. The van der Waals surface area contributed by atoms with Gasteiger partial charge in [-0.3, -0.25) is 4.57 Å². The molecule has 2 aromatic rings. The molecule has 106 valence electrons. The summed E-state index contributed by atoms with van der Waals surface area (Å²) in [4.78, 5) is 4.01. The van der Waals surface area contributed by atoms with Crippen molar-refractivity contribution >= 4 is 0 Å². The van der Waals surface area contributed by atoms with Crippen LogP contribution in [0.2, 0.25) is 0 Å². The molecule has 1 aliphatic heterocycles. The third-order valence-electron chi connectivity index (χ3n) is 3.67. The highest BCUT2D eigenvalue weighted by atomic mass is 19.2. The summed E-state index contributed by atoms with van der Waals surface area (Å²) in [5, 5.41) is 0. The van der Waals surface area contributed by atoms with Gasteiger partial charge in [0, 0.05) is 12.5 Å². The molecule has 2 atom stereocenters. The smallest absolute Gasteiger partial charge is 0.182 e. The molecule has 0 amide bonds. The molecule has 0 aliphatic carbocycles. The number of nitrogens with two attached hydrogens (primary N) is 1. The highest BCUT2D eigenvalue weighted by molar-refractivity contribution is 5.36. The van der Waals surface area contributed by atoms with Crippen LogP contribution in [0.4, 0.5) is 8.78 Å². The van der Waals surface area contributed by atoms with E-state index in [0.717, 1.165) is 12.5 Å². The second kappa shape index (κ2) is 5.30. The van der Waals surface area contributed by atoms with Crippen molar-refractivity contribution in [3.05, 3.63) is 48.1 Å². The van der Waals surface area contributed by atoms with Crippen molar-refractivity contribution < 1.29 is 13.5 Å². The van der Waals surface area contributed by atoms with Gasteiger partial charge in [0.2, 0.25) is 0 Å². The molecule has 0 saturated carbocycles. The van der Waals surface area contributed by atoms with Gasteiger partial charge in [0.05, 0.1) is 36.6 Å². The van der Waals surface area contributed by atoms with Gasteiger partial charge in [0.1, 0.15) is 0 Å². The van der Waals surface area contributed by atoms with Crippen molar-refractivity contribution in [3.8, 4) is 5.69 Å². The highest BCUT2D eigenvalue weighted by Gasteiger charge is 2.27. The maximum Gasteiger partial charge on any atom is 0.182 e.